The van der Waals surface area contributed by atoms with E-state index in [0.29, 0.717) is 24.8 Å². The van der Waals surface area contributed by atoms with E-state index in [1.165, 1.54) is 19.1 Å². The molecule has 0 unspecified atom stereocenters. The summed E-state index contributed by atoms with van der Waals surface area (Å²) in [6.45, 7) is 7.06. The van der Waals surface area contributed by atoms with Crippen LogP contribution < -0.4 is 0 Å². The number of ether oxygens (including phenoxy) is 2. The van der Waals surface area contributed by atoms with Gasteiger partial charge in [0.15, 0.2) is 17.1 Å². The lowest BCUT2D eigenvalue weighted by atomic mass is 9.44. The molecule has 4 fully saturated rings. The molecule has 3 saturated carbocycles. The Hall–Kier alpha value is -1.65. The van der Waals surface area contributed by atoms with Crippen LogP contribution in [0.25, 0.3) is 0 Å². The standard InChI is InChI=1S/C28H35F3O6S/c1-15-9-17-18-11-20(30)19-10-16(32)5-6-25(19,3)27(18,31)21(33)12-26(17,4)28(15,23(35)38-14-29)37-22(34)24(2)7-8-36-13-24/h5-6,10,15,17-18,20-21,33H,7-9,11-14H2,1-4H3/t15-,17+,18+,20+,21+,24+,25+,26+,27+,28+/m1/s1. The number of aliphatic hydroxyl groups excluding tert-OH is 1. The number of rotatable bonds is 4. The van der Waals surface area contributed by atoms with E-state index in [1.54, 1.807) is 20.8 Å². The van der Waals surface area contributed by atoms with Gasteiger partial charge in [-0.2, -0.15) is 0 Å². The van der Waals surface area contributed by atoms with Crippen LogP contribution in [0.4, 0.5) is 13.2 Å². The molecule has 0 aromatic carbocycles. The van der Waals surface area contributed by atoms with Gasteiger partial charge >= 0.3 is 5.97 Å². The SMILES string of the molecule is C[C@@H]1C[C@H]2[C@@H]3C[C@H](F)C4=CC(=O)C=C[C@]4(C)[C@@]3(F)[C@@H](O)C[C@]2(C)[C@@]1(OC(=O)[C@@]1(C)CCOC1)C(=O)SCF. The second-order valence-electron chi connectivity index (χ2n) is 12.5. The summed E-state index contributed by atoms with van der Waals surface area (Å²) >= 11 is 0.395. The fraction of sp³-hybridized carbons (Fsp3) is 0.750. The number of aliphatic hydroxyl groups is 1. The molecule has 4 aliphatic carbocycles. The van der Waals surface area contributed by atoms with E-state index >= 15 is 8.78 Å². The molecular formula is C28H35F3O6S. The number of carbonyl (C=O) groups excluding carboxylic acids is 3. The van der Waals surface area contributed by atoms with Gasteiger partial charge in [0.1, 0.15) is 12.2 Å². The minimum Gasteiger partial charge on any atom is -0.449 e. The zero-order valence-corrected chi connectivity index (χ0v) is 22.9. The molecule has 0 aromatic rings. The molecule has 1 heterocycles. The maximum Gasteiger partial charge on any atom is 0.315 e. The third-order valence-corrected chi connectivity index (χ3v) is 11.3. The van der Waals surface area contributed by atoms with E-state index in [9.17, 15) is 23.9 Å². The Bertz CT molecular complexity index is 1120. The summed E-state index contributed by atoms with van der Waals surface area (Å²) in [7, 11) is 0. The van der Waals surface area contributed by atoms with Gasteiger partial charge in [0.05, 0.1) is 18.1 Å². The molecule has 5 aliphatic rings. The highest BCUT2D eigenvalue weighted by molar-refractivity contribution is 8.13. The van der Waals surface area contributed by atoms with Crippen molar-refractivity contribution in [3.8, 4) is 0 Å². The maximum atomic E-state index is 17.4. The molecule has 1 saturated heterocycles. The van der Waals surface area contributed by atoms with Crippen molar-refractivity contribution >= 4 is 28.6 Å². The Labute approximate surface area is 224 Å². The number of ketones is 1. The molecule has 0 aromatic heterocycles. The molecule has 210 valence electrons. The number of thioether (sulfide) groups is 1. The molecule has 0 spiro atoms. The monoisotopic (exact) mass is 556 g/mol. The number of alkyl halides is 3. The van der Waals surface area contributed by atoms with Gasteiger partial charge in [-0.05, 0) is 74.9 Å². The van der Waals surface area contributed by atoms with Crippen molar-refractivity contribution in [1.82, 2.24) is 0 Å². The molecule has 38 heavy (non-hydrogen) atoms. The Balaban J connectivity index is 1.62. The first-order chi connectivity index (χ1) is 17.7. The zero-order valence-electron chi connectivity index (χ0n) is 22.1. The lowest BCUT2D eigenvalue weighted by Crippen LogP contribution is -2.71. The third-order valence-electron chi connectivity index (χ3n) is 10.6. The Morgan fingerprint density at radius 3 is 2.58 bits per heavy atom. The molecule has 0 radical (unpaired) electrons. The van der Waals surface area contributed by atoms with Gasteiger partial charge in [-0.25, -0.2) is 13.2 Å². The van der Waals surface area contributed by atoms with Crippen LogP contribution in [0.3, 0.4) is 0 Å². The first-order valence-corrected chi connectivity index (χ1v) is 14.2. The van der Waals surface area contributed by atoms with Crippen molar-refractivity contribution < 1.29 is 42.1 Å². The number of halogens is 3. The lowest BCUT2D eigenvalue weighted by molar-refractivity contribution is -0.231. The van der Waals surface area contributed by atoms with Crippen LogP contribution in [0.5, 0.6) is 0 Å². The third kappa shape index (κ3) is 3.38. The second-order valence-corrected chi connectivity index (χ2v) is 13.4. The summed E-state index contributed by atoms with van der Waals surface area (Å²) in [6.07, 6.45) is 0.462. The Morgan fingerprint density at radius 2 is 1.95 bits per heavy atom. The van der Waals surface area contributed by atoms with E-state index < -0.39 is 80.4 Å². The summed E-state index contributed by atoms with van der Waals surface area (Å²) < 4.78 is 58.3. The highest BCUT2D eigenvalue weighted by atomic mass is 32.2. The van der Waals surface area contributed by atoms with Crippen LogP contribution in [0.2, 0.25) is 0 Å². The summed E-state index contributed by atoms with van der Waals surface area (Å²) in [5, 5.41) is 10.9. The largest absolute Gasteiger partial charge is 0.449 e. The summed E-state index contributed by atoms with van der Waals surface area (Å²) in [4.78, 5) is 39.3. The van der Waals surface area contributed by atoms with E-state index in [-0.39, 0.29) is 31.4 Å². The maximum absolute atomic E-state index is 17.4. The van der Waals surface area contributed by atoms with Crippen LogP contribution >= 0.6 is 11.8 Å². The summed E-state index contributed by atoms with van der Waals surface area (Å²) in [5.41, 5.74) is -8.02. The number of allylic oxidation sites excluding steroid dienone is 4. The molecule has 10 heteroatoms. The molecular weight excluding hydrogens is 521 g/mol. The summed E-state index contributed by atoms with van der Waals surface area (Å²) in [6, 6.07) is -1.04. The van der Waals surface area contributed by atoms with Crippen LogP contribution in [0.1, 0.15) is 53.4 Å². The molecule has 0 amide bonds. The van der Waals surface area contributed by atoms with Crippen molar-refractivity contribution in [2.24, 2.45) is 34.0 Å². The van der Waals surface area contributed by atoms with Gasteiger partial charge < -0.3 is 14.6 Å². The normalized spacial score (nSPS) is 49.6. The lowest BCUT2D eigenvalue weighted by Gasteiger charge is -2.63. The van der Waals surface area contributed by atoms with Crippen molar-refractivity contribution in [2.75, 3.05) is 19.2 Å². The highest BCUT2D eigenvalue weighted by Gasteiger charge is 2.78. The number of hydrogen-bond acceptors (Lipinski definition) is 7. The molecule has 0 bridgehead atoms. The average molecular weight is 557 g/mol. The van der Waals surface area contributed by atoms with Crippen LogP contribution in [0, 0.1) is 34.0 Å². The first-order valence-electron chi connectivity index (χ1n) is 13.2. The van der Waals surface area contributed by atoms with Gasteiger partial charge in [0.25, 0.3) is 0 Å². The minimum absolute atomic E-state index is 0.00774. The molecule has 1 aliphatic heterocycles. The topological polar surface area (TPSA) is 89.9 Å². The Morgan fingerprint density at radius 1 is 1.24 bits per heavy atom. The quantitative estimate of drug-likeness (QED) is 0.512. The van der Waals surface area contributed by atoms with Gasteiger partial charge in [0.2, 0.25) is 5.12 Å². The molecule has 1 N–H and O–H groups in total. The van der Waals surface area contributed by atoms with E-state index in [4.69, 9.17) is 9.47 Å². The Kier molecular flexibility index (Phi) is 6.56. The second kappa shape index (κ2) is 8.93. The predicted molar refractivity (Wildman–Crippen MR) is 134 cm³/mol. The molecule has 6 nitrogen and oxygen atoms in total. The van der Waals surface area contributed by atoms with Gasteiger partial charge in [0, 0.05) is 29.3 Å². The van der Waals surface area contributed by atoms with Crippen molar-refractivity contribution in [1.29, 1.82) is 0 Å². The van der Waals surface area contributed by atoms with E-state index in [1.807, 2.05) is 0 Å². The molecule has 10 atom stereocenters. The van der Waals surface area contributed by atoms with E-state index in [0.717, 1.165) is 6.08 Å². The first kappa shape index (κ1) is 27.9. The minimum atomic E-state index is -2.33. The number of hydrogen-bond donors (Lipinski definition) is 1. The van der Waals surface area contributed by atoms with Gasteiger partial charge in [-0.1, -0.05) is 19.9 Å². The van der Waals surface area contributed by atoms with Crippen molar-refractivity contribution in [2.45, 2.75) is 76.9 Å². The smallest absolute Gasteiger partial charge is 0.315 e. The fourth-order valence-corrected chi connectivity index (χ4v) is 9.26. The average Bonchev–Trinajstić information content (AvgIpc) is 3.39. The van der Waals surface area contributed by atoms with Crippen LogP contribution in [-0.2, 0) is 23.9 Å². The van der Waals surface area contributed by atoms with Crippen LogP contribution in [-0.4, -0.2) is 64.7 Å². The van der Waals surface area contributed by atoms with Gasteiger partial charge in [-0.15, -0.1) is 0 Å². The fourth-order valence-electron chi connectivity index (χ4n) is 8.47. The zero-order chi connectivity index (χ0) is 27.9. The van der Waals surface area contributed by atoms with Crippen LogP contribution in [0.15, 0.2) is 23.8 Å². The highest BCUT2D eigenvalue weighted by Crippen LogP contribution is 2.72. The number of carbonyl (C=O) groups is 3. The van der Waals surface area contributed by atoms with E-state index in [2.05, 4.69) is 0 Å². The van der Waals surface area contributed by atoms with Crippen molar-refractivity contribution in [3.05, 3.63) is 23.8 Å². The van der Waals surface area contributed by atoms with Crippen molar-refractivity contribution in [3.63, 3.8) is 0 Å². The number of fused-ring (bicyclic) bond motifs is 5. The van der Waals surface area contributed by atoms with Gasteiger partial charge in [-0.3, -0.25) is 14.4 Å². The molecule has 5 rings (SSSR count). The number of esters is 1. The summed E-state index contributed by atoms with van der Waals surface area (Å²) in [5.74, 6) is -3.42. The predicted octanol–water partition coefficient (Wildman–Crippen LogP) is 4.45.